The van der Waals surface area contributed by atoms with Crippen molar-refractivity contribution in [2.45, 2.75) is 19.9 Å². The molecule has 9 heteroatoms. The van der Waals surface area contributed by atoms with Crippen molar-refractivity contribution in [3.8, 4) is 11.5 Å². The summed E-state index contributed by atoms with van der Waals surface area (Å²) in [6, 6.07) is 20.2. The van der Waals surface area contributed by atoms with Crippen LogP contribution in [0.5, 0.6) is 0 Å². The molecule has 0 fully saturated rings. The first-order chi connectivity index (χ1) is 17.4. The van der Waals surface area contributed by atoms with Crippen molar-refractivity contribution >= 4 is 17.6 Å². The second kappa shape index (κ2) is 11.3. The molecule has 0 aliphatic heterocycles. The van der Waals surface area contributed by atoms with Crippen molar-refractivity contribution in [1.82, 2.24) is 20.4 Å². The van der Waals surface area contributed by atoms with Gasteiger partial charge in [-0.2, -0.15) is 4.98 Å². The Labute approximate surface area is 208 Å². The van der Waals surface area contributed by atoms with Crippen molar-refractivity contribution in [2.24, 2.45) is 0 Å². The number of rotatable bonds is 8. The van der Waals surface area contributed by atoms with Crippen LogP contribution in [-0.2, 0) is 13.0 Å². The van der Waals surface area contributed by atoms with Crippen molar-refractivity contribution in [2.75, 3.05) is 18.9 Å². The highest BCUT2D eigenvalue weighted by Gasteiger charge is 2.14. The van der Waals surface area contributed by atoms with Gasteiger partial charge in [0.05, 0.1) is 0 Å². The number of nitrogens with zero attached hydrogens (tertiary/aromatic N) is 3. The third kappa shape index (κ3) is 6.32. The summed E-state index contributed by atoms with van der Waals surface area (Å²) in [4.78, 5) is 30.8. The number of hydrogen-bond acceptors (Lipinski definition) is 5. The Morgan fingerprint density at radius 1 is 1.03 bits per heavy atom. The molecule has 4 aromatic rings. The number of likely N-dealkylation sites (N-methyl/N-ethyl adjacent to an activating group) is 1. The van der Waals surface area contributed by atoms with Gasteiger partial charge in [-0.15, -0.1) is 0 Å². The number of hydrogen-bond donors (Lipinski definition) is 2. The highest BCUT2D eigenvalue weighted by molar-refractivity contribution is 5.94. The van der Waals surface area contributed by atoms with Crippen molar-refractivity contribution in [1.29, 1.82) is 0 Å². The van der Waals surface area contributed by atoms with Gasteiger partial charge in [0.1, 0.15) is 5.82 Å². The van der Waals surface area contributed by atoms with Gasteiger partial charge in [0, 0.05) is 43.4 Å². The van der Waals surface area contributed by atoms with Gasteiger partial charge in [-0.3, -0.25) is 4.79 Å². The van der Waals surface area contributed by atoms with Crippen LogP contribution in [0.1, 0.15) is 27.3 Å². The van der Waals surface area contributed by atoms with Gasteiger partial charge in [-0.1, -0.05) is 35.5 Å². The zero-order valence-corrected chi connectivity index (χ0v) is 20.0. The molecule has 4 rings (SSSR count). The fourth-order valence-electron chi connectivity index (χ4n) is 3.46. The van der Waals surface area contributed by atoms with Crippen LogP contribution < -0.4 is 10.6 Å². The van der Waals surface area contributed by atoms with E-state index in [0.29, 0.717) is 41.4 Å². The topological polar surface area (TPSA) is 100 Å². The van der Waals surface area contributed by atoms with Crippen LogP contribution in [0, 0.1) is 12.7 Å². The molecule has 0 atom stereocenters. The van der Waals surface area contributed by atoms with Gasteiger partial charge in [0.2, 0.25) is 0 Å². The van der Waals surface area contributed by atoms with Gasteiger partial charge in [0.25, 0.3) is 11.8 Å². The van der Waals surface area contributed by atoms with Gasteiger partial charge in [-0.05, 0) is 60.5 Å². The van der Waals surface area contributed by atoms with Crippen LogP contribution >= 0.6 is 0 Å². The quantitative estimate of drug-likeness (QED) is 0.371. The second-order valence-electron chi connectivity index (χ2n) is 8.32. The molecular formula is C27H26FN5O3. The summed E-state index contributed by atoms with van der Waals surface area (Å²) in [6.45, 7) is 2.56. The SMILES string of the molecule is Cc1ccccc1NC(=O)N(C)CCc1noc(-c2ccc(C(=O)NCc3cccc(F)c3)cc2)n1. The molecule has 0 bridgehead atoms. The first-order valence-electron chi connectivity index (χ1n) is 11.4. The average molecular weight is 488 g/mol. The van der Waals surface area contributed by atoms with Crippen LogP contribution in [0.3, 0.4) is 0 Å². The Kier molecular flexibility index (Phi) is 7.69. The van der Waals surface area contributed by atoms with Gasteiger partial charge in [-0.25, -0.2) is 9.18 Å². The number of para-hydroxylation sites is 1. The molecule has 0 radical (unpaired) electrons. The minimum atomic E-state index is -0.345. The van der Waals surface area contributed by atoms with Crippen LogP contribution in [0.25, 0.3) is 11.5 Å². The van der Waals surface area contributed by atoms with E-state index >= 15 is 0 Å². The van der Waals surface area contributed by atoms with Crippen molar-refractivity contribution in [3.05, 3.63) is 101 Å². The van der Waals surface area contributed by atoms with E-state index in [0.717, 1.165) is 11.3 Å². The maximum atomic E-state index is 13.3. The lowest BCUT2D eigenvalue weighted by atomic mass is 10.1. The number of carbonyl (C=O) groups is 2. The lowest BCUT2D eigenvalue weighted by Gasteiger charge is -2.18. The molecule has 0 saturated carbocycles. The maximum absolute atomic E-state index is 13.3. The van der Waals surface area contributed by atoms with Crippen molar-refractivity contribution < 1.29 is 18.5 Å². The highest BCUT2D eigenvalue weighted by Crippen LogP contribution is 2.18. The summed E-state index contributed by atoms with van der Waals surface area (Å²) in [7, 11) is 1.70. The summed E-state index contributed by atoms with van der Waals surface area (Å²) in [6.07, 6.45) is 0.418. The van der Waals surface area contributed by atoms with E-state index in [2.05, 4.69) is 20.8 Å². The molecule has 2 N–H and O–H groups in total. The highest BCUT2D eigenvalue weighted by atomic mass is 19.1. The average Bonchev–Trinajstić information content (AvgIpc) is 3.36. The summed E-state index contributed by atoms with van der Waals surface area (Å²) in [5.74, 6) is 0.174. The Morgan fingerprint density at radius 3 is 2.56 bits per heavy atom. The summed E-state index contributed by atoms with van der Waals surface area (Å²) in [5.41, 5.74) is 3.55. The van der Waals surface area contributed by atoms with Crippen LogP contribution in [-0.4, -0.2) is 40.6 Å². The third-order valence-electron chi connectivity index (χ3n) is 5.61. The largest absolute Gasteiger partial charge is 0.348 e. The molecular weight excluding hydrogens is 461 g/mol. The lowest BCUT2D eigenvalue weighted by molar-refractivity contribution is 0.0951. The molecule has 8 nitrogen and oxygen atoms in total. The van der Waals surface area contributed by atoms with Crippen LogP contribution in [0.2, 0.25) is 0 Å². The number of benzene rings is 3. The Balaban J connectivity index is 1.29. The smallest absolute Gasteiger partial charge is 0.321 e. The Bertz CT molecular complexity index is 1350. The number of urea groups is 1. The first-order valence-corrected chi connectivity index (χ1v) is 11.4. The molecule has 0 aliphatic carbocycles. The third-order valence-corrected chi connectivity index (χ3v) is 5.61. The molecule has 0 aliphatic rings. The minimum Gasteiger partial charge on any atom is -0.348 e. The Hall–Kier alpha value is -4.53. The molecule has 0 unspecified atom stereocenters. The molecule has 184 valence electrons. The standard InChI is InChI=1S/C27H26FN5O3/c1-18-6-3-4-9-23(18)30-27(35)33(2)15-14-24-31-26(36-32-24)21-12-10-20(11-13-21)25(34)29-17-19-7-5-8-22(28)16-19/h3-13,16H,14-15,17H2,1-2H3,(H,29,34)(H,30,35). The van der Waals surface area contributed by atoms with E-state index in [4.69, 9.17) is 4.52 Å². The molecule has 1 aromatic heterocycles. The normalized spacial score (nSPS) is 10.6. The molecule has 1 heterocycles. The monoisotopic (exact) mass is 487 g/mol. The van der Waals surface area contributed by atoms with Gasteiger partial charge in [0.15, 0.2) is 5.82 Å². The molecule has 3 aromatic carbocycles. The van der Waals surface area contributed by atoms with E-state index in [1.165, 1.54) is 12.1 Å². The molecule has 0 saturated heterocycles. The molecule has 36 heavy (non-hydrogen) atoms. The predicted octanol–water partition coefficient (Wildman–Crippen LogP) is 4.82. The van der Waals surface area contributed by atoms with Crippen LogP contribution in [0.15, 0.2) is 77.3 Å². The fraction of sp³-hybridized carbons (Fsp3) is 0.185. The van der Waals surface area contributed by atoms with Crippen LogP contribution in [0.4, 0.5) is 14.9 Å². The summed E-state index contributed by atoms with van der Waals surface area (Å²) < 4.78 is 18.6. The van der Waals surface area contributed by atoms with Gasteiger partial charge < -0.3 is 20.1 Å². The summed E-state index contributed by atoms with van der Waals surface area (Å²) in [5, 5.41) is 9.65. The second-order valence-corrected chi connectivity index (χ2v) is 8.32. The predicted molar refractivity (Wildman–Crippen MR) is 134 cm³/mol. The number of anilines is 1. The molecule has 0 spiro atoms. The lowest BCUT2D eigenvalue weighted by Crippen LogP contribution is -2.33. The number of aromatic nitrogens is 2. The van der Waals surface area contributed by atoms with Gasteiger partial charge >= 0.3 is 6.03 Å². The number of aryl methyl sites for hydroxylation is 1. The summed E-state index contributed by atoms with van der Waals surface area (Å²) >= 11 is 0. The number of nitrogens with one attached hydrogen (secondary N) is 2. The maximum Gasteiger partial charge on any atom is 0.321 e. The zero-order valence-electron chi connectivity index (χ0n) is 20.0. The van der Waals surface area contributed by atoms with E-state index in [1.807, 2.05) is 31.2 Å². The van der Waals surface area contributed by atoms with E-state index in [-0.39, 0.29) is 24.3 Å². The Morgan fingerprint density at radius 2 is 1.81 bits per heavy atom. The number of halogens is 1. The number of amides is 3. The number of carbonyl (C=O) groups excluding carboxylic acids is 2. The first kappa shape index (κ1) is 24.6. The fourth-order valence-corrected chi connectivity index (χ4v) is 3.46. The van der Waals surface area contributed by atoms with E-state index in [1.54, 1.807) is 48.3 Å². The molecule has 3 amide bonds. The van der Waals surface area contributed by atoms with E-state index in [9.17, 15) is 14.0 Å². The zero-order chi connectivity index (χ0) is 25.5. The van der Waals surface area contributed by atoms with Crippen molar-refractivity contribution in [3.63, 3.8) is 0 Å². The minimum absolute atomic E-state index is 0.223. The van der Waals surface area contributed by atoms with E-state index < -0.39 is 0 Å².